The average molecular weight is 409 g/mol. The van der Waals surface area contributed by atoms with Crippen LogP contribution in [-0.2, 0) is 9.53 Å². The predicted molar refractivity (Wildman–Crippen MR) is 108 cm³/mol. The number of nitrogens with zero attached hydrogens (tertiary/aromatic N) is 3. The molecule has 1 heterocycles. The molecule has 1 aromatic heterocycles. The van der Waals surface area contributed by atoms with Gasteiger partial charge in [0.2, 0.25) is 0 Å². The van der Waals surface area contributed by atoms with Crippen LogP contribution < -0.4 is 5.32 Å². The molecule has 0 bridgehead atoms. The number of aromatic nitrogens is 2. The molecule has 0 atom stereocenters. The van der Waals surface area contributed by atoms with Gasteiger partial charge in [0.1, 0.15) is 6.07 Å². The highest BCUT2D eigenvalue weighted by Gasteiger charge is 2.13. The number of nitriles is 1. The topological polar surface area (TPSA) is 97.0 Å². The van der Waals surface area contributed by atoms with Crippen molar-refractivity contribution in [1.82, 2.24) is 9.78 Å². The number of halogens is 1. The lowest BCUT2D eigenvalue weighted by Gasteiger charge is -2.09. The number of nitrogens with one attached hydrogen (secondary N) is 1. The van der Waals surface area contributed by atoms with Gasteiger partial charge < -0.3 is 10.1 Å². The molecule has 0 saturated heterocycles. The third-order valence-corrected chi connectivity index (χ3v) is 4.30. The molecule has 0 radical (unpaired) electrons. The molecule has 1 N–H and O–H groups in total. The summed E-state index contributed by atoms with van der Waals surface area (Å²) in [6.07, 6.45) is 0. The number of carbonyl (C=O) groups excluding carboxylic acids is 2. The molecule has 0 saturated carbocycles. The van der Waals surface area contributed by atoms with Gasteiger partial charge in [0.15, 0.2) is 6.61 Å². The van der Waals surface area contributed by atoms with Crippen molar-refractivity contribution in [3.63, 3.8) is 0 Å². The number of carbonyl (C=O) groups is 2. The summed E-state index contributed by atoms with van der Waals surface area (Å²) in [6.45, 7) is 3.36. The predicted octanol–water partition coefficient (Wildman–Crippen LogP) is 3.81. The molecule has 0 spiro atoms. The molecule has 1 amide bonds. The van der Waals surface area contributed by atoms with E-state index in [-0.39, 0.29) is 11.3 Å². The maximum atomic E-state index is 12.2. The van der Waals surface area contributed by atoms with Crippen molar-refractivity contribution in [2.75, 3.05) is 11.9 Å². The van der Waals surface area contributed by atoms with E-state index in [1.165, 1.54) is 12.1 Å². The quantitative estimate of drug-likeness (QED) is 0.647. The van der Waals surface area contributed by atoms with Crippen LogP contribution in [0.3, 0.4) is 0 Å². The van der Waals surface area contributed by atoms with Gasteiger partial charge in [0.05, 0.1) is 28.2 Å². The Kier molecular flexibility index (Phi) is 5.96. The number of anilines is 1. The third kappa shape index (κ3) is 4.81. The van der Waals surface area contributed by atoms with Crippen molar-refractivity contribution in [1.29, 1.82) is 5.26 Å². The molecule has 0 unspecified atom stereocenters. The molecule has 3 aromatic rings. The second-order valence-electron chi connectivity index (χ2n) is 6.31. The normalized spacial score (nSPS) is 10.3. The van der Waals surface area contributed by atoms with Crippen LogP contribution in [0.4, 0.5) is 5.69 Å². The van der Waals surface area contributed by atoms with Crippen molar-refractivity contribution in [2.45, 2.75) is 13.8 Å². The minimum absolute atomic E-state index is 0.258. The van der Waals surface area contributed by atoms with E-state index in [0.29, 0.717) is 10.6 Å². The van der Waals surface area contributed by atoms with Crippen LogP contribution in [0, 0.1) is 25.2 Å². The first-order chi connectivity index (χ1) is 13.9. The van der Waals surface area contributed by atoms with E-state index >= 15 is 0 Å². The van der Waals surface area contributed by atoms with E-state index in [4.69, 9.17) is 21.6 Å². The molecule has 0 aliphatic carbocycles. The summed E-state index contributed by atoms with van der Waals surface area (Å²) in [5.41, 5.74) is 3.52. The fraction of sp³-hybridized carbons (Fsp3) is 0.143. The van der Waals surface area contributed by atoms with Crippen molar-refractivity contribution >= 4 is 29.2 Å². The molecule has 0 aliphatic rings. The Morgan fingerprint density at radius 2 is 1.90 bits per heavy atom. The van der Waals surface area contributed by atoms with Crippen molar-refractivity contribution < 1.29 is 14.3 Å². The Hall–Kier alpha value is -3.63. The Labute approximate surface area is 172 Å². The van der Waals surface area contributed by atoms with Crippen LogP contribution in [0.1, 0.15) is 27.3 Å². The first kappa shape index (κ1) is 20.1. The van der Waals surface area contributed by atoms with E-state index in [0.717, 1.165) is 17.1 Å². The van der Waals surface area contributed by atoms with Crippen LogP contribution in [0.15, 0.2) is 48.5 Å². The van der Waals surface area contributed by atoms with E-state index < -0.39 is 18.5 Å². The lowest BCUT2D eigenvalue weighted by molar-refractivity contribution is -0.119. The Morgan fingerprint density at radius 1 is 1.17 bits per heavy atom. The summed E-state index contributed by atoms with van der Waals surface area (Å²) in [7, 11) is 0. The summed E-state index contributed by atoms with van der Waals surface area (Å²) in [5.74, 6) is -1.21. The van der Waals surface area contributed by atoms with Crippen LogP contribution in [0.25, 0.3) is 5.69 Å². The summed E-state index contributed by atoms with van der Waals surface area (Å²) < 4.78 is 6.82. The lowest BCUT2D eigenvalue weighted by Crippen LogP contribution is -2.21. The van der Waals surface area contributed by atoms with E-state index in [9.17, 15) is 9.59 Å². The van der Waals surface area contributed by atoms with Crippen LogP contribution in [-0.4, -0.2) is 28.3 Å². The second-order valence-corrected chi connectivity index (χ2v) is 6.75. The molecule has 146 valence electrons. The fourth-order valence-corrected chi connectivity index (χ4v) is 2.92. The van der Waals surface area contributed by atoms with Crippen LogP contribution >= 0.6 is 11.6 Å². The molecule has 0 fully saturated rings. The van der Waals surface area contributed by atoms with Crippen molar-refractivity contribution in [2.24, 2.45) is 0 Å². The molecule has 2 aromatic carbocycles. The van der Waals surface area contributed by atoms with Crippen molar-refractivity contribution in [3.05, 3.63) is 76.1 Å². The fourth-order valence-electron chi connectivity index (χ4n) is 2.75. The van der Waals surface area contributed by atoms with Gasteiger partial charge in [-0.15, -0.1) is 0 Å². The standard InChI is InChI=1S/C21H17ClN4O3/c1-13-9-14(2)26(25-13)18-7-4-15(5-8-18)21(28)29-12-20(27)24-19-10-17(22)6-3-16(19)11-23/h3-10H,12H2,1-2H3,(H,24,27). The zero-order chi connectivity index (χ0) is 21.0. The average Bonchev–Trinajstić information content (AvgIpc) is 3.04. The van der Waals surface area contributed by atoms with Crippen molar-refractivity contribution in [3.8, 4) is 11.8 Å². The molecule has 7 nitrogen and oxygen atoms in total. The minimum Gasteiger partial charge on any atom is -0.452 e. The Balaban J connectivity index is 1.61. The summed E-state index contributed by atoms with van der Waals surface area (Å²) >= 11 is 5.88. The molecule has 3 rings (SSSR count). The number of benzene rings is 2. The van der Waals surface area contributed by atoms with Crippen LogP contribution in [0.2, 0.25) is 5.02 Å². The minimum atomic E-state index is -0.633. The maximum absolute atomic E-state index is 12.2. The SMILES string of the molecule is Cc1cc(C)n(-c2ccc(C(=O)OCC(=O)Nc3cc(Cl)ccc3C#N)cc2)n1. The van der Waals surface area contributed by atoms with Gasteiger partial charge in [0.25, 0.3) is 5.91 Å². The molecular formula is C21H17ClN4O3. The number of amides is 1. The molecule has 0 aliphatic heterocycles. The molecular weight excluding hydrogens is 392 g/mol. The highest BCUT2D eigenvalue weighted by atomic mass is 35.5. The smallest absolute Gasteiger partial charge is 0.338 e. The first-order valence-corrected chi connectivity index (χ1v) is 9.05. The number of ether oxygens (including phenoxy) is 1. The monoisotopic (exact) mass is 408 g/mol. The van der Waals surface area contributed by atoms with Gasteiger partial charge in [-0.05, 0) is 62.4 Å². The van der Waals surface area contributed by atoms with Gasteiger partial charge in [0, 0.05) is 10.7 Å². The molecule has 29 heavy (non-hydrogen) atoms. The zero-order valence-corrected chi connectivity index (χ0v) is 16.5. The summed E-state index contributed by atoms with van der Waals surface area (Å²) in [6, 6.07) is 15.1. The highest BCUT2D eigenvalue weighted by molar-refractivity contribution is 6.31. The van der Waals surface area contributed by atoms with Crippen LogP contribution in [0.5, 0.6) is 0 Å². The summed E-state index contributed by atoms with van der Waals surface area (Å²) in [5, 5.41) is 16.4. The molecule has 8 heteroatoms. The van der Waals surface area contributed by atoms with Gasteiger partial charge >= 0.3 is 5.97 Å². The van der Waals surface area contributed by atoms with Gasteiger partial charge in [-0.3, -0.25) is 4.79 Å². The number of esters is 1. The Bertz CT molecular complexity index is 1110. The maximum Gasteiger partial charge on any atom is 0.338 e. The van der Waals surface area contributed by atoms with E-state index in [1.54, 1.807) is 35.0 Å². The number of hydrogen-bond acceptors (Lipinski definition) is 5. The number of hydrogen-bond donors (Lipinski definition) is 1. The number of rotatable bonds is 5. The third-order valence-electron chi connectivity index (χ3n) is 4.07. The number of aryl methyl sites for hydroxylation is 2. The summed E-state index contributed by atoms with van der Waals surface area (Å²) in [4.78, 5) is 24.3. The largest absolute Gasteiger partial charge is 0.452 e. The second kappa shape index (κ2) is 8.59. The van der Waals surface area contributed by atoms with E-state index in [2.05, 4.69) is 10.4 Å². The highest BCUT2D eigenvalue weighted by Crippen LogP contribution is 2.20. The first-order valence-electron chi connectivity index (χ1n) is 8.67. The van der Waals surface area contributed by atoms with Gasteiger partial charge in [-0.1, -0.05) is 11.6 Å². The Morgan fingerprint density at radius 3 is 2.52 bits per heavy atom. The van der Waals surface area contributed by atoms with E-state index in [1.807, 2.05) is 26.0 Å². The lowest BCUT2D eigenvalue weighted by atomic mass is 10.2. The zero-order valence-electron chi connectivity index (χ0n) is 15.8. The van der Waals surface area contributed by atoms with Gasteiger partial charge in [-0.25, -0.2) is 9.48 Å². The van der Waals surface area contributed by atoms with Gasteiger partial charge in [-0.2, -0.15) is 10.4 Å².